The second-order valence-electron chi connectivity index (χ2n) is 7.94. The fraction of sp³-hybridized carbons (Fsp3) is 0.192. The third-order valence-corrected chi connectivity index (χ3v) is 6.18. The summed E-state index contributed by atoms with van der Waals surface area (Å²) in [5, 5.41) is 6.82. The van der Waals surface area contributed by atoms with Crippen molar-refractivity contribution >= 4 is 46.2 Å². The van der Waals surface area contributed by atoms with Gasteiger partial charge in [-0.15, -0.1) is 0 Å². The topological polar surface area (TPSA) is 111 Å². The Morgan fingerprint density at radius 1 is 1.11 bits per heavy atom. The molecule has 0 atom stereocenters. The van der Waals surface area contributed by atoms with Gasteiger partial charge in [-0.2, -0.15) is 4.98 Å². The number of rotatable bonds is 9. The highest BCUT2D eigenvalue weighted by Gasteiger charge is 2.15. The summed E-state index contributed by atoms with van der Waals surface area (Å²) in [4.78, 5) is 38.9. The van der Waals surface area contributed by atoms with Crippen LogP contribution in [-0.4, -0.2) is 39.1 Å². The first-order chi connectivity index (χ1) is 17.9. The van der Waals surface area contributed by atoms with Crippen molar-refractivity contribution in [3.8, 4) is 17.0 Å². The molecule has 0 aliphatic rings. The van der Waals surface area contributed by atoms with Crippen molar-refractivity contribution in [2.75, 3.05) is 19.0 Å². The van der Waals surface area contributed by atoms with E-state index in [1.54, 1.807) is 62.7 Å². The van der Waals surface area contributed by atoms with Crippen molar-refractivity contribution in [2.45, 2.75) is 20.0 Å². The summed E-state index contributed by atoms with van der Waals surface area (Å²) in [6.07, 6.45) is 4.62. The van der Waals surface area contributed by atoms with Crippen molar-refractivity contribution in [1.29, 1.82) is 0 Å². The summed E-state index contributed by atoms with van der Waals surface area (Å²) in [5.41, 5.74) is 2.19. The maximum atomic E-state index is 13.5. The van der Waals surface area contributed by atoms with Gasteiger partial charge in [-0.05, 0) is 55.0 Å². The lowest BCUT2D eigenvalue weighted by atomic mass is 10.1. The molecular formula is C26H24Cl2N6O3. The standard InChI is InChI=1S/C26H24Cl2N6O3/c1-3-4-22(35)29-11-12-34-24-21(32-23(25(34)36)17-6-8-18(37-2)9-7-17)15-31-26(33-24)30-14-16-5-10-19(27)20(28)13-16/h3-10,13,15H,11-12,14H2,1-2H3,(H,29,35)(H,30,31,33). The Kier molecular flexibility index (Phi) is 8.37. The highest BCUT2D eigenvalue weighted by molar-refractivity contribution is 6.42. The lowest BCUT2D eigenvalue weighted by Crippen LogP contribution is -2.31. The van der Waals surface area contributed by atoms with E-state index in [0.717, 1.165) is 5.56 Å². The highest BCUT2D eigenvalue weighted by Crippen LogP contribution is 2.23. The number of halogens is 2. The molecule has 2 heterocycles. The zero-order valence-corrected chi connectivity index (χ0v) is 21.7. The van der Waals surface area contributed by atoms with Crippen LogP contribution < -0.4 is 20.9 Å². The Morgan fingerprint density at radius 2 is 1.89 bits per heavy atom. The van der Waals surface area contributed by atoms with Crippen molar-refractivity contribution in [3.05, 3.63) is 86.8 Å². The third-order valence-electron chi connectivity index (χ3n) is 5.44. The van der Waals surface area contributed by atoms with Crippen LogP contribution in [0.4, 0.5) is 5.95 Å². The average Bonchev–Trinajstić information content (AvgIpc) is 2.90. The first-order valence-electron chi connectivity index (χ1n) is 11.4. The van der Waals surface area contributed by atoms with E-state index < -0.39 is 0 Å². The van der Waals surface area contributed by atoms with Gasteiger partial charge in [0.15, 0.2) is 5.65 Å². The number of methoxy groups -OCH3 is 1. The van der Waals surface area contributed by atoms with E-state index in [4.69, 9.17) is 27.9 Å². The summed E-state index contributed by atoms with van der Waals surface area (Å²) >= 11 is 12.1. The van der Waals surface area contributed by atoms with Gasteiger partial charge < -0.3 is 15.4 Å². The molecule has 2 N–H and O–H groups in total. The highest BCUT2D eigenvalue weighted by atomic mass is 35.5. The van der Waals surface area contributed by atoms with Crippen molar-refractivity contribution in [2.24, 2.45) is 0 Å². The Balaban J connectivity index is 1.70. The molecule has 2 aromatic carbocycles. The predicted molar refractivity (Wildman–Crippen MR) is 145 cm³/mol. The summed E-state index contributed by atoms with van der Waals surface area (Å²) in [7, 11) is 1.57. The van der Waals surface area contributed by atoms with Crippen LogP contribution in [0.2, 0.25) is 10.0 Å². The summed E-state index contributed by atoms with van der Waals surface area (Å²) in [6.45, 7) is 2.56. The fourth-order valence-electron chi connectivity index (χ4n) is 3.60. The summed E-state index contributed by atoms with van der Waals surface area (Å²) < 4.78 is 6.70. The second-order valence-corrected chi connectivity index (χ2v) is 8.76. The molecule has 190 valence electrons. The number of carbonyl (C=O) groups excluding carboxylic acids is 1. The van der Waals surface area contributed by atoms with Crippen LogP contribution in [0.1, 0.15) is 12.5 Å². The molecule has 1 amide bonds. The molecule has 2 aromatic heterocycles. The Hall–Kier alpha value is -3.95. The number of ether oxygens (including phenoxy) is 1. The Labute approximate surface area is 223 Å². The van der Waals surface area contributed by atoms with Crippen LogP contribution in [0.3, 0.4) is 0 Å². The summed E-state index contributed by atoms with van der Waals surface area (Å²) in [6, 6.07) is 12.4. The molecule has 0 spiro atoms. The van der Waals surface area contributed by atoms with Crippen LogP contribution >= 0.6 is 23.2 Å². The largest absolute Gasteiger partial charge is 0.497 e. The van der Waals surface area contributed by atoms with Crippen molar-refractivity contribution < 1.29 is 9.53 Å². The molecule has 0 unspecified atom stereocenters. The first kappa shape index (κ1) is 26.1. The van der Waals surface area contributed by atoms with Gasteiger partial charge in [0.25, 0.3) is 5.56 Å². The molecule has 9 nitrogen and oxygen atoms in total. The lowest BCUT2D eigenvalue weighted by Gasteiger charge is -2.13. The van der Waals surface area contributed by atoms with Crippen LogP contribution in [-0.2, 0) is 17.9 Å². The molecule has 0 saturated carbocycles. The molecule has 0 radical (unpaired) electrons. The number of amides is 1. The summed E-state index contributed by atoms with van der Waals surface area (Å²) in [5.74, 6) is 0.726. The van der Waals surface area contributed by atoms with E-state index in [2.05, 4.69) is 25.6 Å². The number of carbonyl (C=O) groups is 1. The number of benzene rings is 2. The van der Waals surface area contributed by atoms with Crippen molar-refractivity contribution in [1.82, 2.24) is 24.8 Å². The van der Waals surface area contributed by atoms with Gasteiger partial charge in [0.05, 0.1) is 23.4 Å². The maximum absolute atomic E-state index is 13.5. The number of nitrogens with one attached hydrogen (secondary N) is 2. The molecule has 11 heteroatoms. The smallest absolute Gasteiger partial charge is 0.278 e. The lowest BCUT2D eigenvalue weighted by molar-refractivity contribution is -0.116. The number of hydrogen-bond acceptors (Lipinski definition) is 7. The number of fused-ring (bicyclic) bond motifs is 1. The van der Waals surface area contributed by atoms with Gasteiger partial charge in [-0.3, -0.25) is 14.2 Å². The molecule has 0 fully saturated rings. The number of anilines is 1. The molecule has 0 aliphatic carbocycles. The normalized spacial score (nSPS) is 11.1. The minimum atomic E-state index is -0.341. The zero-order chi connectivity index (χ0) is 26.4. The fourth-order valence-corrected chi connectivity index (χ4v) is 3.92. The quantitative estimate of drug-likeness (QED) is 0.302. The number of hydrogen-bond donors (Lipinski definition) is 2. The molecule has 4 aromatic rings. The van der Waals surface area contributed by atoms with Crippen LogP contribution in [0.25, 0.3) is 22.4 Å². The van der Waals surface area contributed by atoms with Crippen LogP contribution in [0.5, 0.6) is 5.75 Å². The van der Waals surface area contributed by atoms with E-state index in [1.807, 2.05) is 6.07 Å². The first-order valence-corrected chi connectivity index (χ1v) is 12.2. The van der Waals surface area contributed by atoms with Gasteiger partial charge in [-0.25, -0.2) is 9.97 Å². The van der Waals surface area contributed by atoms with E-state index in [9.17, 15) is 9.59 Å². The van der Waals surface area contributed by atoms with Gasteiger partial charge >= 0.3 is 0 Å². The average molecular weight is 539 g/mol. The van der Waals surface area contributed by atoms with Crippen LogP contribution in [0.15, 0.2) is 65.6 Å². The number of allylic oxidation sites excluding steroid dienone is 1. The molecule has 0 aliphatic heterocycles. The van der Waals surface area contributed by atoms with Gasteiger partial charge in [0, 0.05) is 25.2 Å². The minimum absolute atomic E-state index is 0.188. The second kappa shape index (κ2) is 11.9. The Morgan fingerprint density at radius 3 is 2.59 bits per heavy atom. The van der Waals surface area contributed by atoms with Crippen LogP contribution in [0, 0.1) is 0 Å². The van der Waals surface area contributed by atoms with E-state index in [1.165, 1.54) is 10.6 Å². The molecular weight excluding hydrogens is 515 g/mol. The predicted octanol–water partition coefficient (Wildman–Crippen LogP) is 4.47. The molecule has 4 rings (SSSR count). The molecule has 0 bridgehead atoms. The Bertz CT molecular complexity index is 1520. The van der Waals surface area contributed by atoms with Gasteiger partial charge in [0.2, 0.25) is 11.9 Å². The minimum Gasteiger partial charge on any atom is -0.497 e. The van der Waals surface area contributed by atoms with Gasteiger partial charge in [0.1, 0.15) is 17.0 Å². The number of aromatic nitrogens is 4. The maximum Gasteiger partial charge on any atom is 0.278 e. The van der Waals surface area contributed by atoms with E-state index in [-0.39, 0.29) is 30.2 Å². The third kappa shape index (κ3) is 6.25. The SMILES string of the molecule is CC=CC(=O)NCCn1c(=O)c(-c2ccc(OC)cc2)nc2cnc(NCc3ccc(Cl)c(Cl)c3)nc21. The van der Waals surface area contributed by atoms with Crippen molar-refractivity contribution in [3.63, 3.8) is 0 Å². The van der Waals surface area contributed by atoms with E-state index >= 15 is 0 Å². The zero-order valence-electron chi connectivity index (χ0n) is 20.2. The number of nitrogens with zero attached hydrogens (tertiary/aromatic N) is 4. The molecule has 37 heavy (non-hydrogen) atoms. The monoisotopic (exact) mass is 538 g/mol. The van der Waals surface area contributed by atoms with Gasteiger partial charge in [-0.1, -0.05) is 35.3 Å². The van der Waals surface area contributed by atoms with E-state index in [0.29, 0.717) is 45.0 Å². The molecule has 0 saturated heterocycles.